The standard InChI is InChI=1S/C16H16Cl2FNS/c1-20-12(9-11-5-4-7-14(18)16(11)19)10-21-15-8-3-2-6-13(15)17/h2-8,12,20H,9-10H2,1H3. The molecule has 1 atom stereocenters. The van der Waals surface area contributed by atoms with E-state index in [1.54, 1.807) is 30.0 Å². The van der Waals surface area contributed by atoms with Crippen LogP contribution in [0.5, 0.6) is 0 Å². The second-order valence-electron chi connectivity index (χ2n) is 4.64. The van der Waals surface area contributed by atoms with Gasteiger partial charge in [-0.15, -0.1) is 11.8 Å². The molecule has 2 aromatic carbocycles. The van der Waals surface area contributed by atoms with Crippen LogP contribution in [0, 0.1) is 5.82 Å². The summed E-state index contributed by atoms with van der Waals surface area (Å²) in [7, 11) is 1.88. The van der Waals surface area contributed by atoms with Gasteiger partial charge in [0, 0.05) is 16.7 Å². The van der Waals surface area contributed by atoms with E-state index < -0.39 is 0 Å². The summed E-state index contributed by atoms with van der Waals surface area (Å²) in [6.45, 7) is 0. The molecule has 0 radical (unpaired) electrons. The Hall–Kier alpha value is -0.740. The van der Waals surface area contributed by atoms with Crippen LogP contribution in [0.1, 0.15) is 5.56 Å². The highest BCUT2D eigenvalue weighted by atomic mass is 35.5. The molecule has 2 rings (SSSR count). The molecule has 0 amide bonds. The highest BCUT2D eigenvalue weighted by Gasteiger charge is 2.13. The van der Waals surface area contributed by atoms with Gasteiger partial charge in [-0.2, -0.15) is 0 Å². The molecule has 0 aliphatic carbocycles. The summed E-state index contributed by atoms with van der Waals surface area (Å²) in [4.78, 5) is 1.03. The van der Waals surface area contributed by atoms with Crippen LogP contribution in [0.15, 0.2) is 47.4 Å². The Labute approximate surface area is 138 Å². The largest absolute Gasteiger partial charge is 0.316 e. The Morgan fingerprint density at radius 1 is 1.10 bits per heavy atom. The van der Waals surface area contributed by atoms with E-state index in [2.05, 4.69) is 5.32 Å². The topological polar surface area (TPSA) is 12.0 Å². The SMILES string of the molecule is CNC(CSc1ccccc1Cl)Cc1cccc(Cl)c1F. The summed E-state index contributed by atoms with van der Waals surface area (Å²) in [6.07, 6.45) is 0.584. The molecule has 5 heteroatoms. The van der Waals surface area contributed by atoms with Crippen molar-refractivity contribution in [2.75, 3.05) is 12.8 Å². The summed E-state index contributed by atoms with van der Waals surface area (Å²) in [5.41, 5.74) is 0.626. The average molecular weight is 344 g/mol. The zero-order chi connectivity index (χ0) is 15.2. The molecule has 0 saturated heterocycles. The van der Waals surface area contributed by atoms with Crippen LogP contribution in [0.25, 0.3) is 0 Å². The third kappa shape index (κ3) is 4.62. The number of thioether (sulfide) groups is 1. The van der Waals surface area contributed by atoms with Gasteiger partial charge in [0.05, 0.1) is 10.0 Å². The van der Waals surface area contributed by atoms with Gasteiger partial charge in [-0.3, -0.25) is 0 Å². The maximum Gasteiger partial charge on any atom is 0.145 e. The van der Waals surface area contributed by atoms with E-state index >= 15 is 0 Å². The number of rotatable bonds is 6. The first-order valence-electron chi connectivity index (χ1n) is 6.59. The maximum atomic E-state index is 13.9. The molecule has 0 fully saturated rings. The first-order chi connectivity index (χ1) is 10.1. The fourth-order valence-electron chi connectivity index (χ4n) is 1.97. The zero-order valence-corrected chi connectivity index (χ0v) is 13.9. The van der Waals surface area contributed by atoms with Gasteiger partial charge in [-0.05, 0) is 37.2 Å². The Morgan fingerprint density at radius 3 is 2.52 bits per heavy atom. The van der Waals surface area contributed by atoms with Crippen LogP contribution in [-0.2, 0) is 6.42 Å². The van der Waals surface area contributed by atoms with E-state index in [0.29, 0.717) is 12.0 Å². The van der Waals surface area contributed by atoms with Crippen LogP contribution in [0.4, 0.5) is 4.39 Å². The van der Waals surface area contributed by atoms with Gasteiger partial charge in [-0.1, -0.05) is 47.5 Å². The first kappa shape index (κ1) is 16.6. The van der Waals surface area contributed by atoms with Crippen molar-refractivity contribution in [1.29, 1.82) is 0 Å². The highest BCUT2D eigenvalue weighted by Crippen LogP contribution is 2.28. The normalized spacial score (nSPS) is 12.4. The molecule has 112 valence electrons. The molecule has 1 nitrogen and oxygen atoms in total. The zero-order valence-electron chi connectivity index (χ0n) is 11.6. The molecule has 0 saturated carbocycles. The van der Waals surface area contributed by atoms with E-state index in [4.69, 9.17) is 23.2 Å². The van der Waals surface area contributed by atoms with Crippen LogP contribution >= 0.6 is 35.0 Å². The summed E-state index contributed by atoms with van der Waals surface area (Å²) in [5, 5.41) is 4.12. The molecule has 0 bridgehead atoms. The average Bonchev–Trinajstić information content (AvgIpc) is 2.49. The predicted octanol–water partition coefficient (Wildman–Crippen LogP) is 5.06. The number of hydrogen-bond acceptors (Lipinski definition) is 2. The van der Waals surface area contributed by atoms with Gasteiger partial charge in [0.25, 0.3) is 0 Å². The van der Waals surface area contributed by atoms with Gasteiger partial charge in [0.15, 0.2) is 0 Å². The van der Waals surface area contributed by atoms with E-state index in [0.717, 1.165) is 15.7 Å². The van der Waals surface area contributed by atoms with E-state index in [9.17, 15) is 4.39 Å². The summed E-state index contributed by atoms with van der Waals surface area (Å²) in [5.74, 6) is 0.466. The van der Waals surface area contributed by atoms with Crippen LogP contribution < -0.4 is 5.32 Å². The molecule has 0 heterocycles. The lowest BCUT2D eigenvalue weighted by Gasteiger charge is -2.17. The van der Waals surface area contributed by atoms with Gasteiger partial charge in [0.2, 0.25) is 0 Å². The van der Waals surface area contributed by atoms with Crippen molar-refractivity contribution in [2.45, 2.75) is 17.4 Å². The van der Waals surface area contributed by atoms with E-state index in [1.165, 1.54) is 0 Å². The van der Waals surface area contributed by atoms with Crippen molar-refractivity contribution in [3.05, 3.63) is 63.9 Å². The fourth-order valence-corrected chi connectivity index (χ4v) is 3.51. The molecule has 0 aliphatic rings. The maximum absolute atomic E-state index is 13.9. The third-order valence-corrected chi connectivity index (χ3v) is 5.15. The minimum absolute atomic E-state index is 0.138. The first-order valence-corrected chi connectivity index (χ1v) is 8.33. The van der Waals surface area contributed by atoms with Crippen molar-refractivity contribution in [3.63, 3.8) is 0 Å². The van der Waals surface area contributed by atoms with Crippen molar-refractivity contribution in [2.24, 2.45) is 0 Å². The molecular formula is C16H16Cl2FNS. The second-order valence-corrected chi connectivity index (χ2v) is 6.52. The minimum atomic E-state index is -0.331. The lowest BCUT2D eigenvalue weighted by atomic mass is 10.1. The Kier molecular flexibility index (Phi) is 6.37. The van der Waals surface area contributed by atoms with Crippen LogP contribution in [-0.4, -0.2) is 18.8 Å². The Bertz CT molecular complexity index is 607. The van der Waals surface area contributed by atoms with Gasteiger partial charge >= 0.3 is 0 Å². The fraction of sp³-hybridized carbons (Fsp3) is 0.250. The Morgan fingerprint density at radius 2 is 1.81 bits per heavy atom. The molecule has 0 spiro atoms. The molecule has 1 N–H and O–H groups in total. The minimum Gasteiger partial charge on any atom is -0.316 e. The molecule has 0 aliphatic heterocycles. The van der Waals surface area contributed by atoms with E-state index in [-0.39, 0.29) is 16.9 Å². The number of likely N-dealkylation sites (N-methyl/N-ethyl adjacent to an activating group) is 1. The van der Waals surface area contributed by atoms with Gasteiger partial charge in [-0.25, -0.2) is 4.39 Å². The third-order valence-electron chi connectivity index (χ3n) is 3.18. The van der Waals surface area contributed by atoms with Crippen molar-refractivity contribution in [1.82, 2.24) is 5.32 Å². The molecule has 21 heavy (non-hydrogen) atoms. The number of benzene rings is 2. The van der Waals surface area contributed by atoms with Crippen molar-refractivity contribution in [3.8, 4) is 0 Å². The summed E-state index contributed by atoms with van der Waals surface area (Å²) < 4.78 is 13.9. The van der Waals surface area contributed by atoms with Crippen LogP contribution in [0.2, 0.25) is 10.0 Å². The molecule has 0 aromatic heterocycles. The van der Waals surface area contributed by atoms with Crippen LogP contribution in [0.3, 0.4) is 0 Å². The summed E-state index contributed by atoms with van der Waals surface area (Å²) >= 11 is 13.6. The number of halogens is 3. The number of hydrogen-bond donors (Lipinski definition) is 1. The van der Waals surface area contributed by atoms with Gasteiger partial charge in [0.1, 0.15) is 5.82 Å². The van der Waals surface area contributed by atoms with Crippen molar-refractivity contribution >= 4 is 35.0 Å². The Balaban J connectivity index is 2.01. The highest BCUT2D eigenvalue weighted by molar-refractivity contribution is 7.99. The smallest absolute Gasteiger partial charge is 0.145 e. The molecule has 1 unspecified atom stereocenters. The quantitative estimate of drug-likeness (QED) is 0.736. The molecular weight excluding hydrogens is 328 g/mol. The van der Waals surface area contributed by atoms with Crippen molar-refractivity contribution < 1.29 is 4.39 Å². The second kappa shape index (κ2) is 8.04. The number of nitrogens with one attached hydrogen (secondary N) is 1. The van der Waals surface area contributed by atoms with Gasteiger partial charge < -0.3 is 5.32 Å². The lowest BCUT2D eigenvalue weighted by molar-refractivity contribution is 0.568. The van der Waals surface area contributed by atoms with E-state index in [1.807, 2.05) is 31.3 Å². The lowest BCUT2D eigenvalue weighted by Crippen LogP contribution is -2.30. The summed E-state index contributed by atoms with van der Waals surface area (Å²) in [6, 6.07) is 13.0. The predicted molar refractivity (Wildman–Crippen MR) is 90.1 cm³/mol. The molecule has 2 aromatic rings. The monoisotopic (exact) mass is 343 g/mol.